The van der Waals surface area contributed by atoms with Gasteiger partial charge in [0.25, 0.3) is 0 Å². The summed E-state index contributed by atoms with van der Waals surface area (Å²) < 4.78 is 22.0. The maximum Gasteiger partial charge on any atom is 0.218 e. The molecular formula is C13H18O4S. The monoisotopic (exact) mass is 270 g/mol. The van der Waals surface area contributed by atoms with E-state index in [1.54, 1.807) is 19.1 Å². The van der Waals surface area contributed by atoms with Gasteiger partial charge in [-0.3, -0.25) is 9.00 Å². The number of carbonyl (C=O) groups excluding carboxylic acids is 1. The van der Waals surface area contributed by atoms with E-state index in [0.717, 1.165) is 5.56 Å². The van der Waals surface area contributed by atoms with Gasteiger partial charge < -0.3 is 9.47 Å². The number of benzene rings is 1. The van der Waals surface area contributed by atoms with Crippen molar-refractivity contribution >= 4 is 16.6 Å². The van der Waals surface area contributed by atoms with Crippen LogP contribution >= 0.6 is 0 Å². The lowest BCUT2D eigenvalue weighted by atomic mass is 10.2. The molecule has 0 saturated carbocycles. The molecule has 0 aliphatic rings. The Morgan fingerprint density at radius 1 is 1.17 bits per heavy atom. The molecule has 2 atom stereocenters. The van der Waals surface area contributed by atoms with Crippen molar-refractivity contribution in [2.24, 2.45) is 0 Å². The summed E-state index contributed by atoms with van der Waals surface area (Å²) in [6.45, 7) is 3.57. The van der Waals surface area contributed by atoms with Crippen molar-refractivity contribution in [3.8, 4) is 0 Å². The maximum atomic E-state index is 12.2. The Kier molecular flexibility index (Phi) is 5.65. The van der Waals surface area contributed by atoms with Crippen molar-refractivity contribution in [3.63, 3.8) is 0 Å². The molecule has 100 valence electrons. The molecule has 0 aliphatic carbocycles. The predicted molar refractivity (Wildman–Crippen MR) is 69.9 cm³/mol. The van der Waals surface area contributed by atoms with Crippen LogP contribution in [0.3, 0.4) is 0 Å². The minimum absolute atomic E-state index is 0.320. The number of carbonyl (C=O) groups is 1. The van der Waals surface area contributed by atoms with Crippen LogP contribution in [-0.4, -0.2) is 35.8 Å². The van der Waals surface area contributed by atoms with Gasteiger partial charge in [0, 0.05) is 19.1 Å². The summed E-state index contributed by atoms with van der Waals surface area (Å²) in [4.78, 5) is 12.6. The molecule has 1 aromatic carbocycles. The SMILES string of the molecule is COC(OC)C(=O)[C@@H](C)S(=O)c1ccc(C)cc1. The molecule has 0 N–H and O–H groups in total. The van der Waals surface area contributed by atoms with Crippen molar-refractivity contribution in [2.75, 3.05) is 14.2 Å². The third-order valence-electron chi connectivity index (χ3n) is 2.64. The fourth-order valence-corrected chi connectivity index (χ4v) is 2.64. The first kappa shape index (κ1) is 15.0. The molecule has 18 heavy (non-hydrogen) atoms. The lowest BCUT2D eigenvalue weighted by Crippen LogP contribution is -2.35. The molecule has 1 rings (SSSR count). The molecule has 0 aromatic heterocycles. The van der Waals surface area contributed by atoms with E-state index >= 15 is 0 Å². The topological polar surface area (TPSA) is 52.6 Å². The summed E-state index contributed by atoms with van der Waals surface area (Å²) in [5.74, 6) is -0.320. The van der Waals surface area contributed by atoms with Gasteiger partial charge in [-0.05, 0) is 26.0 Å². The van der Waals surface area contributed by atoms with E-state index in [4.69, 9.17) is 9.47 Å². The molecule has 1 unspecified atom stereocenters. The van der Waals surface area contributed by atoms with Gasteiger partial charge in [-0.2, -0.15) is 0 Å². The summed E-state index contributed by atoms with van der Waals surface area (Å²) in [6, 6.07) is 7.27. The molecule has 5 heteroatoms. The van der Waals surface area contributed by atoms with Crippen LogP contribution in [0.25, 0.3) is 0 Å². The first-order valence-electron chi connectivity index (χ1n) is 5.57. The van der Waals surface area contributed by atoms with Gasteiger partial charge in [0.05, 0.1) is 10.8 Å². The number of rotatable bonds is 6. The highest BCUT2D eigenvalue weighted by Crippen LogP contribution is 2.15. The lowest BCUT2D eigenvalue weighted by molar-refractivity contribution is -0.155. The summed E-state index contributed by atoms with van der Waals surface area (Å²) in [5, 5.41) is -0.669. The van der Waals surface area contributed by atoms with Gasteiger partial charge in [0.1, 0.15) is 5.25 Å². The third kappa shape index (κ3) is 3.48. The Labute approximate surface area is 110 Å². The van der Waals surface area contributed by atoms with Gasteiger partial charge in [-0.1, -0.05) is 17.7 Å². The van der Waals surface area contributed by atoms with Crippen molar-refractivity contribution in [1.29, 1.82) is 0 Å². The molecule has 0 saturated heterocycles. The van der Waals surface area contributed by atoms with E-state index < -0.39 is 22.3 Å². The summed E-state index contributed by atoms with van der Waals surface area (Å²) in [6.07, 6.45) is -0.964. The normalized spacial score (nSPS) is 14.5. The molecular weight excluding hydrogens is 252 g/mol. The Hall–Kier alpha value is -1.04. The van der Waals surface area contributed by atoms with Crippen molar-refractivity contribution in [3.05, 3.63) is 29.8 Å². The van der Waals surface area contributed by atoms with Crippen LogP contribution in [0, 0.1) is 6.92 Å². The van der Waals surface area contributed by atoms with Crippen LogP contribution in [0.15, 0.2) is 29.2 Å². The number of aryl methyl sites for hydroxylation is 1. The summed E-state index contributed by atoms with van der Waals surface area (Å²) >= 11 is 0. The van der Waals surface area contributed by atoms with E-state index in [9.17, 15) is 9.00 Å². The zero-order valence-corrected chi connectivity index (χ0v) is 11.8. The first-order chi connectivity index (χ1) is 8.51. The lowest BCUT2D eigenvalue weighted by Gasteiger charge is -2.16. The maximum absolute atomic E-state index is 12.2. The van der Waals surface area contributed by atoms with Crippen LogP contribution in [0.4, 0.5) is 0 Å². The van der Waals surface area contributed by atoms with E-state index in [0.29, 0.717) is 4.90 Å². The van der Waals surface area contributed by atoms with Gasteiger partial charge in [-0.25, -0.2) is 0 Å². The fourth-order valence-electron chi connectivity index (χ4n) is 1.50. The molecule has 0 radical (unpaired) electrons. The zero-order valence-electron chi connectivity index (χ0n) is 11.0. The van der Waals surface area contributed by atoms with Crippen molar-refractivity contribution in [1.82, 2.24) is 0 Å². The van der Waals surface area contributed by atoms with Crippen LogP contribution in [-0.2, 0) is 25.1 Å². The molecule has 0 spiro atoms. The van der Waals surface area contributed by atoms with Crippen LogP contribution in [0.2, 0.25) is 0 Å². The Morgan fingerprint density at radius 2 is 1.67 bits per heavy atom. The summed E-state index contributed by atoms with van der Waals surface area (Å²) in [7, 11) is 1.37. The average Bonchev–Trinajstić information content (AvgIpc) is 2.39. The van der Waals surface area contributed by atoms with Crippen LogP contribution in [0.1, 0.15) is 12.5 Å². The number of ether oxygens (including phenoxy) is 2. The quantitative estimate of drug-likeness (QED) is 0.738. The minimum Gasteiger partial charge on any atom is -0.349 e. The molecule has 0 fully saturated rings. The molecule has 0 heterocycles. The smallest absolute Gasteiger partial charge is 0.218 e. The zero-order chi connectivity index (χ0) is 13.7. The Balaban J connectivity index is 2.83. The molecule has 0 aliphatic heterocycles. The number of methoxy groups -OCH3 is 2. The highest BCUT2D eigenvalue weighted by atomic mass is 32.2. The molecule has 0 amide bonds. The largest absolute Gasteiger partial charge is 0.349 e. The molecule has 4 nitrogen and oxygen atoms in total. The third-order valence-corrected chi connectivity index (χ3v) is 4.25. The number of ketones is 1. The highest BCUT2D eigenvalue weighted by molar-refractivity contribution is 7.86. The number of hydrogen-bond donors (Lipinski definition) is 0. The minimum atomic E-state index is -1.40. The second kappa shape index (κ2) is 6.78. The summed E-state index contributed by atoms with van der Waals surface area (Å²) in [5.41, 5.74) is 1.08. The van der Waals surface area contributed by atoms with Crippen LogP contribution in [0.5, 0.6) is 0 Å². The first-order valence-corrected chi connectivity index (χ1v) is 6.79. The van der Waals surface area contributed by atoms with Gasteiger partial charge in [0.15, 0.2) is 0 Å². The van der Waals surface area contributed by atoms with Crippen molar-refractivity contribution < 1.29 is 18.5 Å². The molecule has 0 bridgehead atoms. The highest BCUT2D eigenvalue weighted by Gasteiger charge is 2.28. The fraction of sp³-hybridized carbons (Fsp3) is 0.462. The molecule has 1 aromatic rings. The van der Waals surface area contributed by atoms with E-state index in [1.165, 1.54) is 14.2 Å². The van der Waals surface area contributed by atoms with Gasteiger partial charge >= 0.3 is 0 Å². The predicted octanol–water partition coefficient (Wildman–Crippen LogP) is 1.68. The van der Waals surface area contributed by atoms with Crippen LogP contribution < -0.4 is 0 Å². The van der Waals surface area contributed by atoms with E-state index in [-0.39, 0.29) is 5.78 Å². The second-order valence-corrected chi connectivity index (χ2v) is 5.73. The van der Waals surface area contributed by atoms with E-state index in [2.05, 4.69) is 0 Å². The van der Waals surface area contributed by atoms with E-state index in [1.807, 2.05) is 19.1 Å². The van der Waals surface area contributed by atoms with Gasteiger partial charge in [-0.15, -0.1) is 0 Å². The Bertz CT molecular complexity index is 423. The van der Waals surface area contributed by atoms with Gasteiger partial charge in [0.2, 0.25) is 12.1 Å². The standard InChI is InChI=1S/C13H18O4S/c1-9-5-7-11(8-6-9)18(15)10(2)12(14)13(16-3)17-4/h5-8,10,13H,1-4H3/t10-,18?/m1/s1. The van der Waals surface area contributed by atoms with Crippen molar-refractivity contribution in [2.45, 2.75) is 30.3 Å². The second-order valence-electron chi connectivity index (χ2n) is 3.96. The Morgan fingerprint density at radius 3 is 2.11 bits per heavy atom. The average molecular weight is 270 g/mol. The number of Topliss-reactive ketones (excluding diaryl/α,β-unsaturated/α-hetero) is 1. The number of hydrogen-bond acceptors (Lipinski definition) is 4.